The molecular formula is C27H29N5O2. The first-order valence-corrected chi connectivity index (χ1v) is 11.7. The van der Waals surface area contributed by atoms with E-state index in [0.29, 0.717) is 6.54 Å². The Morgan fingerprint density at radius 1 is 0.853 bits per heavy atom. The second kappa shape index (κ2) is 11.7. The van der Waals surface area contributed by atoms with Gasteiger partial charge in [-0.3, -0.25) is 14.6 Å². The molecule has 0 fully saturated rings. The number of anilines is 1. The average molecular weight is 456 g/mol. The Morgan fingerprint density at radius 2 is 1.59 bits per heavy atom. The molecule has 0 saturated carbocycles. The fourth-order valence-corrected chi connectivity index (χ4v) is 4.02. The predicted octanol–water partition coefficient (Wildman–Crippen LogP) is 6.14. The smallest absolute Gasteiger partial charge is 0.411 e. The summed E-state index contributed by atoms with van der Waals surface area (Å²) >= 11 is 0. The van der Waals surface area contributed by atoms with Crippen LogP contribution in [0.3, 0.4) is 0 Å². The fraction of sp³-hybridized carbons (Fsp3) is 0.259. The monoisotopic (exact) mass is 455 g/mol. The van der Waals surface area contributed by atoms with Gasteiger partial charge in [-0.1, -0.05) is 73.0 Å². The molecule has 0 aliphatic rings. The van der Waals surface area contributed by atoms with Crippen molar-refractivity contribution in [1.82, 2.24) is 20.0 Å². The Balaban J connectivity index is 1.23. The molecule has 7 heteroatoms. The van der Waals surface area contributed by atoms with Crippen molar-refractivity contribution in [3.05, 3.63) is 85.3 Å². The van der Waals surface area contributed by atoms with E-state index in [-0.39, 0.29) is 0 Å². The van der Waals surface area contributed by atoms with Crippen LogP contribution in [0.4, 0.5) is 10.5 Å². The van der Waals surface area contributed by atoms with Gasteiger partial charge in [0.2, 0.25) is 0 Å². The minimum Gasteiger partial charge on any atom is -0.465 e. The van der Waals surface area contributed by atoms with Gasteiger partial charge in [0.25, 0.3) is 0 Å². The lowest BCUT2D eigenvalue weighted by Gasteiger charge is -2.22. The van der Waals surface area contributed by atoms with Crippen LogP contribution in [0.25, 0.3) is 22.4 Å². The summed E-state index contributed by atoms with van der Waals surface area (Å²) in [6.45, 7) is 1.30. The van der Waals surface area contributed by atoms with Gasteiger partial charge in [-0.25, -0.2) is 4.79 Å². The highest BCUT2D eigenvalue weighted by Gasteiger charge is 2.17. The van der Waals surface area contributed by atoms with Crippen molar-refractivity contribution in [2.75, 3.05) is 11.4 Å². The third-order valence-electron chi connectivity index (χ3n) is 5.78. The number of nitrogens with zero attached hydrogens (tertiary/aromatic N) is 5. The number of aryl methyl sites for hydroxylation is 1. The summed E-state index contributed by atoms with van der Waals surface area (Å²) in [5.74, 6) is 0. The van der Waals surface area contributed by atoms with E-state index in [2.05, 4.69) is 15.3 Å². The number of carbonyl (C=O) groups is 1. The normalized spacial score (nSPS) is 10.8. The number of carboxylic acid groups (broad SMARTS) is 1. The van der Waals surface area contributed by atoms with E-state index in [0.717, 1.165) is 66.7 Å². The SMILES string of the molecule is O=C(O)N(CCCCCCCn1cc(-c2cccnc2)nn1)c1ccccc1-c1ccccc1. The first kappa shape index (κ1) is 23.2. The largest absolute Gasteiger partial charge is 0.465 e. The van der Waals surface area contributed by atoms with Crippen molar-refractivity contribution in [2.45, 2.75) is 38.6 Å². The van der Waals surface area contributed by atoms with Crippen molar-refractivity contribution in [3.8, 4) is 22.4 Å². The van der Waals surface area contributed by atoms with Crippen LogP contribution in [-0.2, 0) is 6.54 Å². The molecule has 1 amide bonds. The Bertz CT molecular complexity index is 1180. The maximum atomic E-state index is 12.0. The van der Waals surface area contributed by atoms with Crippen molar-refractivity contribution < 1.29 is 9.90 Å². The summed E-state index contributed by atoms with van der Waals surface area (Å²) in [4.78, 5) is 17.6. The number of rotatable bonds is 11. The molecule has 4 rings (SSSR count). The highest BCUT2D eigenvalue weighted by molar-refractivity contribution is 5.92. The molecule has 0 radical (unpaired) electrons. The van der Waals surface area contributed by atoms with Crippen LogP contribution in [0.5, 0.6) is 0 Å². The van der Waals surface area contributed by atoms with Gasteiger partial charge in [0, 0.05) is 36.6 Å². The molecule has 0 saturated heterocycles. The summed E-state index contributed by atoms with van der Waals surface area (Å²) in [6.07, 6.45) is 9.49. The number of unbranched alkanes of at least 4 members (excludes halogenated alkanes) is 4. The lowest BCUT2D eigenvalue weighted by Crippen LogP contribution is -2.30. The molecule has 0 atom stereocenters. The van der Waals surface area contributed by atoms with Crippen molar-refractivity contribution in [1.29, 1.82) is 0 Å². The van der Waals surface area contributed by atoms with Gasteiger partial charge >= 0.3 is 6.09 Å². The molecule has 1 N–H and O–H groups in total. The van der Waals surface area contributed by atoms with Crippen LogP contribution in [-0.4, -0.2) is 37.7 Å². The van der Waals surface area contributed by atoms with Gasteiger partial charge in [-0.15, -0.1) is 5.10 Å². The minimum atomic E-state index is -0.918. The maximum absolute atomic E-state index is 12.0. The third kappa shape index (κ3) is 6.07. The number of para-hydroxylation sites is 1. The van der Waals surface area contributed by atoms with Gasteiger partial charge in [0.05, 0.1) is 11.9 Å². The molecule has 0 aliphatic carbocycles. The summed E-state index contributed by atoms with van der Waals surface area (Å²) in [5, 5.41) is 18.3. The number of hydrogen-bond acceptors (Lipinski definition) is 4. The molecule has 4 aromatic rings. The van der Waals surface area contributed by atoms with E-state index in [9.17, 15) is 9.90 Å². The number of aromatic nitrogens is 4. The van der Waals surface area contributed by atoms with Crippen molar-refractivity contribution in [2.24, 2.45) is 0 Å². The van der Waals surface area contributed by atoms with Crippen LogP contribution < -0.4 is 4.90 Å². The average Bonchev–Trinajstić information content (AvgIpc) is 3.36. The molecular weight excluding hydrogens is 426 g/mol. The molecule has 2 aromatic heterocycles. The van der Waals surface area contributed by atoms with Crippen LogP contribution in [0.2, 0.25) is 0 Å². The first-order chi connectivity index (χ1) is 16.7. The maximum Gasteiger partial charge on any atom is 0.411 e. The molecule has 0 bridgehead atoms. The van der Waals surface area contributed by atoms with Gasteiger partial charge in [-0.05, 0) is 36.6 Å². The summed E-state index contributed by atoms with van der Waals surface area (Å²) in [6, 6.07) is 21.5. The van der Waals surface area contributed by atoms with E-state index in [1.807, 2.05) is 77.6 Å². The van der Waals surface area contributed by atoms with Crippen molar-refractivity contribution >= 4 is 11.8 Å². The predicted molar refractivity (Wildman–Crippen MR) is 134 cm³/mol. The van der Waals surface area contributed by atoms with Gasteiger partial charge in [-0.2, -0.15) is 0 Å². The summed E-state index contributed by atoms with van der Waals surface area (Å²) in [5.41, 5.74) is 4.48. The van der Waals surface area contributed by atoms with Gasteiger partial charge in [0.15, 0.2) is 0 Å². The van der Waals surface area contributed by atoms with E-state index in [4.69, 9.17) is 0 Å². The molecule has 0 aliphatic heterocycles. The quantitative estimate of drug-likeness (QED) is 0.275. The molecule has 34 heavy (non-hydrogen) atoms. The number of amides is 1. The zero-order valence-electron chi connectivity index (χ0n) is 19.1. The second-order valence-corrected chi connectivity index (χ2v) is 8.19. The van der Waals surface area contributed by atoms with Gasteiger partial charge in [0.1, 0.15) is 5.69 Å². The number of benzene rings is 2. The lowest BCUT2D eigenvalue weighted by molar-refractivity contribution is 0.201. The Kier molecular flexibility index (Phi) is 8.00. The highest BCUT2D eigenvalue weighted by atomic mass is 16.4. The molecule has 7 nitrogen and oxygen atoms in total. The van der Waals surface area contributed by atoms with Crippen LogP contribution in [0.1, 0.15) is 32.1 Å². The molecule has 2 aromatic carbocycles. The van der Waals surface area contributed by atoms with Crippen LogP contribution >= 0.6 is 0 Å². The van der Waals surface area contributed by atoms with E-state index in [1.54, 1.807) is 12.4 Å². The number of hydrogen-bond donors (Lipinski definition) is 1. The Labute approximate surface area is 199 Å². The lowest BCUT2D eigenvalue weighted by atomic mass is 10.0. The van der Waals surface area contributed by atoms with E-state index < -0.39 is 6.09 Å². The van der Waals surface area contributed by atoms with Gasteiger partial charge < -0.3 is 5.11 Å². The van der Waals surface area contributed by atoms with E-state index >= 15 is 0 Å². The Hall–Kier alpha value is -4.00. The summed E-state index contributed by atoms with van der Waals surface area (Å²) < 4.78 is 1.87. The zero-order chi connectivity index (χ0) is 23.6. The zero-order valence-corrected chi connectivity index (χ0v) is 19.1. The highest BCUT2D eigenvalue weighted by Crippen LogP contribution is 2.31. The van der Waals surface area contributed by atoms with Crippen molar-refractivity contribution in [3.63, 3.8) is 0 Å². The van der Waals surface area contributed by atoms with Crippen LogP contribution in [0, 0.1) is 0 Å². The van der Waals surface area contributed by atoms with E-state index in [1.165, 1.54) is 4.90 Å². The molecule has 0 unspecified atom stereocenters. The molecule has 2 heterocycles. The topological polar surface area (TPSA) is 84.1 Å². The second-order valence-electron chi connectivity index (χ2n) is 8.19. The first-order valence-electron chi connectivity index (χ1n) is 11.7. The molecule has 174 valence electrons. The van der Waals surface area contributed by atoms with Crippen LogP contribution in [0.15, 0.2) is 85.3 Å². The Morgan fingerprint density at radius 3 is 2.38 bits per heavy atom. The summed E-state index contributed by atoms with van der Waals surface area (Å²) in [7, 11) is 0. The fourth-order valence-electron chi connectivity index (χ4n) is 4.02. The standard InChI is InChI=1S/C27H29N5O2/c33-27(34)32(26-16-8-7-15-24(26)22-12-5-4-6-13-22)19-10-3-1-2-9-18-31-21-25(29-30-31)23-14-11-17-28-20-23/h4-8,11-17,20-21H,1-3,9-10,18-19H2,(H,33,34). The molecule has 0 spiro atoms. The number of pyridine rings is 1. The minimum absolute atomic E-state index is 0.483. The third-order valence-corrected chi connectivity index (χ3v) is 5.78.